The second-order valence-electron chi connectivity index (χ2n) is 5.31. The van der Waals surface area contributed by atoms with Gasteiger partial charge in [-0.3, -0.25) is 4.79 Å². The Morgan fingerprint density at radius 2 is 1.87 bits per heavy atom. The van der Waals surface area contributed by atoms with E-state index in [1.54, 1.807) is 0 Å². The van der Waals surface area contributed by atoms with Gasteiger partial charge in [0.2, 0.25) is 0 Å². The lowest BCUT2D eigenvalue weighted by Crippen LogP contribution is -2.16. The topological polar surface area (TPSA) is 55.1 Å². The van der Waals surface area contributed by atoms with Gasteiger partial charge in [0.25, 0.3) is 0 Å². The zero-order valence-electron chi connectivity index (χ0n) is 12.8. The lowest BCUT2D eigenvalue weighted by Gasteiger charge is -2.12. The predicted molar refractivity (Wildman–Crippen MR) is 92.8 cm³/mol. The van der Waals surface area contributed by atoms with Crippen LogP contribution in [0.15, 0.2) is 59.8 Å². The van der Waals surface area contributed by atoms with E-state index in [1.807, 2.05) is 49.4 Å². The Morgan fingerprint density at radius 3 is 2.57 bits per heavy atom. The second-order valence-corrected chi connectivity index (χ2v) is 6.48. The summed E-state index contributed by atoms with van der Waals surface area (Å²) in [7, 11) is 0. The molecular formula is C18H18N2O2S. The van der Waals surface area contributed by atoms with E-state index in [-0.39, 0.29) is 0 Å². The van der Waals surface area contributed by atoms with Gasteiger partial charge in [0, 0.05) is 0 Å². The Hall–Kier alpha value is -2.27. The van der Waals surface area contributed by atoms with Crippen molar-refractivity contribution in [3.05, 3.63) is 60.2 Å². The van der Waals surface area contributed by atoms with Crippen LogP contribution in [0.3, 0.4) is 0 Å². The highest BCUT2D eigenvalue weighted by molar-refractivity contribution is 8.00. The SMILES string of the molecule is CCC(Sc1nc2ccccc2n1Cc1ccccc1)C(=O)O. The number of carboxylic acids is 1. The Morgan fingerprint density at radius 1 is 1.17 bits per heavy atom. The van der Waals surface area contributed by atoms with Crippen LogP contribution in [0.4, 0.5) is 0 Å². The molecule has 1 heterocycles. The first kappa shape index (κ1) is 15.6. The molecule has 23 heavy (non-hydrogen) atoms. The summed E-state index contributed by atoms with van der Waals surface area (Å²) in [5, 5.41) is 9.60. The maximum absolute atomic E-state index is 11.4. The molecule has 0 aliphatic heterocycles. The molecule has 1 N–H and O–H groups in total. The van der Waals surface area contributed by atoms with Gasteiger partial charge in [0.1, 0.15) is 5.25 Å². The second kappa shape index (κ2) is 6.87. The Kier molecular flexibility index (Phi) is 4.67. The fourth-order valence-electron chi connectivity index (χ4n) is 2.50. The zero-order valence-corrected chi connectivity index (χ0v) is 13.7. The molecular weight excluding hydrogens is 308 g/mol. The van der Waals surface area contributed by atoms with Crippen molar-refractivity contribution in [3.8, 4) is 0 Å². The van der Waals surface area contributed by atoms with Crippen LogP contribution in [0.25, 0.3) is 11.0 Å². The summed E-state index contributed by atoms with van der Waals surface area (Å²) in [5.41, 5.74) is 3.09. The number of carboxylic acid groups (broad SMARTS) is 1. The number of aromatic nitrogens is 2. The van der Waals surface area contributed by atoms with Crippen LogP contribution in [-0.4, -0.2) is 25.9 Å². The number of imidazole rings is 1. The third kappa shape index (κ3) is 3.40. The first-order valence-corrected chi connectivity index (χ1v) is 8.45. The van der Waals surface area contributed by atoms with Gasteiger partial charge in [0.05, 0.1) is 17.6 Å². The van der Waals surface area contributed by atoms with Gasteiger partial charge in [-0.1, -0.05) is 61.2 Å². The summed E-state index contributed by atoms with van der Waals surface area (Å²) in [4.78, 5) is 16.0. The van der Waals surface area contributed by atoms with Crippen molar-refractivity contribution < 1.29 is 9.90 Å². The molecule has 0 bridgehead atoms. The first-order valence-electron chi connectivity index (χ1n) is 7.57. The van der Waals surface area contributed by atoms with Crippen LogP contribution in [0.5, 0.6) is 0 Å². The molecule has 2 aromatic carbocycles. The molecule has 0 spiro atoms. The first-order chi connectivity index (χ1) is 11.2. The average molecular weight is 326 g/mol. The summed E-state index contributed by atoms with van der Waals surface area (Å²) in [6.07, 6.45) is 0.564. The minimum absolute atomic E-state index is 0.485. The fraction of sp³-hybridized carbons (Fsp3) is 0.222. The quantitative estimate of drug-likeness (QED) is 0.695. The normalized spacial score (nSPS) is 12.4. The minimum atomic E-state index is -0.796. The minimum Gasteiger partial charge on any atom is -0.480 e. The van der Waals surface area contributed by atoms with Gasteiger partial charge in [0.15, 0.2) is 5.16 Å². The van der Waals surface area contributed by atoms with Gasteiger partial charge in [-0.05, 0) is 24.1 Å². The molecule has 0 saturated heterocycles. The van der Waals surface area contributed by atoms with Crippen molar-refractivity contribution in [2.45, 2.75) is 30.3 Å². The zero-order chi connectivity index (χ0) is 16.2. The highest BCUT2D eigenvalue weighted by Crippen LogP contribution is 2.29. The molecule has 0 amide bonds. The molecule has 0 fully saturated rings. The number of para-hydroxylation sites is 2. The number of benzene rings is 2. The third-order valence-electron chi connectivity index (χ3n) is 3.70. The molecule has 3 rings (SSSR count). The number of hydrogen-bond acceptors (Lipinski definition) is 3. The van der Waals surface area contributed by atoms with Gasteiger partial charge >= 0.3 is 5.97 Å². The Balaban J connectivity index is 2.02. The number of rotatable bonds is 6. The van der Waals surface area contributed by atoms with E-state index < -0.39 is 11.2 Å². The lowest BCUT2D eigenvalue weighted by molar-refractivity contribution is -0.136. The van der Waals surface area contributed by atoms with E-state index in [0.29, 0.717) is 13.0 Å². The van der Waals surface area contributed by atoms with E-state index in [1.165, 1.54) is 17.3 Å². The van der Waals surface area contributed by atoms with Gasteiger partial charge in [-0.2, -0.15) is 0 Å². The predicted octanol–water partition coefficient (Wildman–Crippen LogP) is 4.04. The molecule has 0 saturated carbocycles. The standard InChI is InChI=1S/C18H18N2O2S/c1-2-16(17(21)22)23-18-19-14-10-6-7-11-15(14)20(18)12-13-8-4-3-5-9-13/h3-11,16H,2,12H2,1H3,(H,21,22). The van der Waals surface area contributed by atoms with Crippen molar-refractivity contribution in [2.75, 3.05) is 0 Å². The third-order valence-corrected chi connectivity index (χ3v) is 5.04. The number of hydrogen-bond donors (Lipinski definition) is 1. The highest BCUT2D eigenvalue weighted by Gasteiger charge is 2.21. The van der Waals surface area contributed by atoms with E-state index in [4.69, 9.17) is 0 Å². The van der Waals surface area contributed by atoms with Gasteiger partial charge in [-0.25, -0.2) is 4.98 Å². The molecule has 5 heteroatoms. The largest absolute Gasteiger partial charge is 0.480 e. The number of thioether (sulfide) groups is 1. The smallest absolute Gasteiger partial charge is 0.317 e. The number of fused-ring (bicyclic) bond motifs is 1. The fourth-order valence-corrected chi connectivity index (χ4v) is 3.46. The molecule has 118 valence electrons. The van der Waals surface area contributed by atoms with Crippen LogP contribution >= 0.6 is 11.8 Å². The molecule has 0 radical (unpaired) electrons. The van der Waals surface area contributed by atoms with Crippen LogP contribution in [0.1, 0.15) is 18.9 Å². The van der Waals surface area contributed by atoms with Crippen molar-refractivity contribution in [2.24, 2.45) is 0 Å². The number of nitrogens with zero attached hydrogens (tertiary/aromatic N) is 2. The van der Waals surface area contributed by atoms with Gasteiger partial charge in [-0.15, -0.1) is 0 Å². The maximum atomic E-state index is 11.4. The molecule has 1 atom stereocenters. The lowest BCUT2D eigenvalue weighted by atomic mass is 10.2. The molecule has 0 aliphatic rings. The molecule has 3 aromatic rings. The Bertz CT molecular complexity index is 814. The van der Waals surface area contributed by atoms with E-state index >= 15 is 0 Å². The Labute approximate surface area is 139 Å². The van der Waals surface area contributed by atoms with Crippen LogP contribution in [-0.2, 0) is 11.3 Å². The highest BCUT2D eigenvalue weighted by atomic mass is 32.2. The summed E-state index contributed by atoms with van der Waals surface area (Å²) in [6.45, 7) is 2.57. The number of carbonyl (C=O) groups is 1. The van der Waals surface area contributed by atoms with Crippen LogP contribution in [0.2, 0.25) is 0 Å². The number of aliphatic carboxylic acids is 1. The van der Waals surface area contributed by atoms with E-state index in [0.717, 1.165) is 16.2 Å². The summed E-state index contributed by atoms with van der Waals surface area (Å²) in [6, 6.07) is 18.1. The molecule has 4 nitrogen and oxygen atoms in total. The van der Waals surface area contributed by atoms with E-state index in [9.17, 15) is 9.90 Å². The maximum Gasteiger partial charge on any atom is 0.317 e. The van der Waals surface area contributed by atoms with E-state index in [2.05, 4.69) is 21.7 Å². The molecule has 1 aromatic heterocycles. The summed E-state index contributed by atoms with van der Waals surface area (Å²) >= 11 is 1.32. The molecule has 1 unspecified atom stereocenters. The van der Waals surface area contributed by atoms with Gasteiger partial charge < -0.3 is 9.67 Å². The average Bonchev–Trinajstić information content (AvgIpc) is 2.91. The van der Waals surface area contributed by atoms with Crippen LogP contribution in [0, 0.1) is 0 Å². The summed E-state index contributed by atoms with van der Waals surface area (Å²) < 4.78 is 2.10. The monoisotopic (exact) mass is 326 g/mol. The van der Waals surface area contributed by atoms with Crippen molar-refractivity contribution in [1.82, 2.24) is 9.55 Å². The summed E-state index contributed by atoms with van der Waals surface area (Å²) in [5.74, 6) is -0.796. The molecule has 0 aliphatic carbocycles. The van der Waals surface area contributed by atoms with Crippen molar-refractivity contribution in [3.63, 3.8) is 0 Å². The van der Waals surface area contributed by atoms with Crippen molar-refractivity contribution >= 4 is 28.8 Å². The van der Waals surface area contributed by atoms with Crippen molar-refractivity contribution in [1.29, 1.82) is 0 Å². The van der Waals surface area contributed by atoms with Crippen LogP contribution < -0.4 is 0 Å².